The number of aryl methyl sites for hydroxylation is 1. The van der Waals surface area contributed by atoms with E-state index in [2.05, 4.69) is 102 Å². The zero-order valence-electron chi connectivity index (χ0n) is 18.9. The maximum atomic E-state index is 6.03. The summed E-state index contributed by atoms with van der Waals surface area (Å²) >= 11 is 6.45. The van der Waals surface area contributed by atoms with Crippen LogP contribution in [0.1, 0.15) is 24.5 Å². The first kappa shape index (κ1) is 23.2. The van der Waals surface area contributed by atoms with Gasteiger partial charge in [0, 0.05) is 0 Å². The van der Waals surface area contributed by atoms with E-state index < -0.39 is 0 Å². The second-order valence-electron chi connectivity index (χ2n) is 8.15. The molecule has 2 aliphatic rings. The van der Waals surface area contributed by atoms with Crippen LogP contribution in [0.4, 0.5) is 11.4 Å². The molecule has 168 valence electrons. The number of rotatable bonds is 9. The average molecular weight is 513 g/mol. The molecule has 1 unspecified atom stereocenters. The standard InChI is InChI=1S/C27H32ClN3Se/c1-3-15-29-16-19-31-24-8-4-5-9-26(24)32-27(31)10-6-7-22-13-17-30(18-14-28)25-20-21(2)11-12-23(22)25/h4-13,17,20,27,29H,3,14-16,18-19H2,1-2H3/b10-6+,22-7+. The molecule has 1 N–H and O–H groups in total. The van der Waals surface area contributed by atoms with Crippen LogP contribution in [0.3, 0.4) is 0 Å². The SMILES string of the molecule is CCCNCCN1c2ccccc2[Se]C1/C=C/C=C1\C=CN(CCCl)c2cc(C)ccc21. The van der Waals surface area contributed by atoms with Gasteiger partial charge in [0.15, 0.2) is 0 Å². The topological polar surface area (TPSA) is 18.5 Å². The molecule has 1 atom stereocenters. The molecular formula is C27H32ClN3Se. The third-order valence-corrected chi connectivity index (χ3v) is 8.57. The number of halogens is 1. The molecule has 0 fully saturated rings. The normalized spacial score (nSPS) is 18.6. The van der Waals surface area contributed by atoms with Gasteiger partial charge in [-0.2, -0.15) is 0 Å². The Morgan fingerprint density at radius 2 is 1.97 bits per heavy atom. The summed E-state index contributed by atoms with van der Waals surface area (Å²) in [5, 5.41) is 3.56. The van der Waals surface area contributed by atoms with Crippen molar-refractivity contribution < 1.29 is 0 Å². The van der Waals surface area contributed by atoms with Crippen molar-refractivity contribution in [1.29, 1.82) is 0 Å². The van der Waals surface area contributed by atoms with E-state index in [0.717, 1.165) is 26.2 Å². The van der Waals surface area contributed by atoms with E-state index in [9.17, 15) is 0 Å². The van der Waals surface area contributed by atoms with Crippen LogP contribution in [-0.2, 0) is 0 Å². The Morgan fingerprint density at radius 3 is 2.81 bits per heavy atom. The molecule has 0 spiro atoms. The molecule has 2 aliphatic heterocycles. The number of benzene rings is 2. The number of nitrogens with one attached hydrogen (secondary N) is 1. The third-order valence-electron chi connectivity index (χ3n) is 5.77. The first-order chi connectivity index (χ1) is 15.7. The molecule has 0 amide bonds. The number of anilines is 2. The summed E-state index contributed by atoms with van der Waals surface area (Å²) in [6.45, 7) is 8.33. The molecule has 0 aromatic heterocycles. The zero-order valence-corrected chi connectivity index (χ0v) is 21.4. The van der Waals surface area contributed by atoms with Crippen molar-refractivity contribution in [1.82, 2.24) is 5.32 Å². The van der Waals surface area contributed by atoms with Crippen LogP contribution in [0, 0.1) is 6.92 Å². The Hall–Kier alpha value is -1.97. The minimum atomic E-state index is 0.422. The minimum absolute atomic E-state index is 0.422. The van der Waals surface area contributed by atoms with Crippen molar-refractivity contribution in [2.45, 2.75) is 25.2 Å². The van der Waals surface area contributed by atoms with E-state index >= 15 is 0 Å². The van der Waals surface area contributed by atoms with Gasteiger partial charge in [0.25, 0.3) is 0 Å². The van der Waals surface area contributed by atoms with E-state index in [0.29, 0.717) is 25.8 Å². The van der Waals surface area contributed by atoms with Crippen molar-refractivity contribution in [2.75, 3.05) is 41.9 Å². The quantitative estimate of drug-likeness (QED) is 0.299. The first-order valence-corrected chi connectivity index (χ1v) is 13.8. The number of alkyl halides is 1. The van der Waals surface area contributed by atoms with E-state index in [4.69, 9.17) is 11.6 Å². The van der Waals surface area contributed by atoms with E-state index in [1.165, 1.54) is 39.0 Å². The van der Waals surface area contributed by atoms with Gasteiger partial charge in [0.1, 0.15) is 0 Å². The Bertz CT molecular complexity index is 1010. The monoisotopic (exact) mass is 513 g/mol. The number of hydrogen-bond donors (Lipinski definition) is 1. The maximum absolute atomic E-state index is 6.03. The van der Waals surface area contributed by atoms with Crippen LogP contribution in [0.2, 0.25) is 0 Å². The van der Waals surface area contributed by atoms with Gasteiger partial charge in [-0.15, -0.1) is 0 Å². The molecule has 0 saturated carbocycles. The average Bonchev–Trinajstić information content (AvgIpc) is 3.15. The fourth-order valence-electron chi connectivity index (χ4n) is 4.17. The first-order valence-electron chi connectivity index (χ1n) is 11.4. The number of nitrogens with zero attached hydrogens (tertiary/aromatic N) is 2. The molecule has 2 aromatic carbocycles. The van der Waals surface area contributed by atoms with Crippen LogP contribution in [-0.4, -0.2) is 52.0 Å². The van der Waals surface area contributed by atoms with Crippen molar-refractivity contribution >= 4 is 48.0 Å². The fraction of sp³-hybridized carbons (Fsp3) is 0.333. The van der Waals surface area contributed by atoms with Gasteiger partial charge in [-0.25, -0.2) is 0 Å². The van der Waals surface area contributed by atoms with Gasteiger partial charge in [0.05, 0.1) is 0 Å². The summed E-state index contributed by atoms with van der Waals surface area (Å²) in [6.07, 6.45) is 12.4. The van der Waals surface area contributed by atoms with Gasteiger partial charge in [-0.3, -0.25) is 0 Å². The third kappa shape index (κ3) is 5.32. The van der Waals surface area contributed by atoms with Gasteiger partial charge in [-0.1, -0.05) is 0 Å². The van der Waals surface area contributed by atoms with Gasteiger partial charge < -0.3 is 0 Å². The molecular weight excluding hydrogens is 481 g/mol. The number of hydrogen-bond acceptors (Lipinski definition) is 3. The molecule has 32 heavy (non-hydrogen) atoms. The summed E-state index contributed by atoms with van der Waals surface area (Å²) in [5.41, 5.74) is 6.44. The Kier molecular flexibility index (Phi) is 8.15. The summed E-state index contributed by atoms with van der Waals surface area (Å²) in [6, 6.07) is 15.6. The second-order valence-corrected chi connectivity index (χ2v) is 11.0. The van der Waals surface area contributed by atoms with Crippen molar-refractivity contribution in [3.63, 3.8) is 0 Å². The van der Waals surface area contributed by atoms with Crippen molar-refractivity contribution in [3.05, 3.63) is 84.1 Å². The van der Waals surface area contributed by atoms with Gasteiger partial charge in [-0.05, 0) is 0 Å². The van der Waals surface area contributed by atoms with Crippen LogP contribution in [0.5, 0.6) is 0 Å². The second kappa shape index (κ2) is 11.2. The molecule has 4 rings (SSSR count). The number of fused-ring (bicyclic) bond motifs is 2. The number of allylic oxidation sites excluding steroid dienone is 4. The van der Waals surface area contributed by atoms with Crippen LogP contribution in [0.25, 0.3) is 5.57 Å². The van der Waals surface area contributed by atoms with Crippen LogP contribution >= 0.6 is 11.6 Å². The van der Waals surface area contributed by atoms with Crippen molar-refractivity contribution in [2.24, 2.45) is 0 Å². The summed E-state index contributed by atoms with van der Waals surface area (Å²) in [4.78, 5) is 5.28. The Morgan fingerprint density at radius 1 is 1.09 bits per heavy atom. The molecule has 0 aliphatic carbocycles. The zero-order chi connectivity index (χ0) is 22.3. The number of para-hydroxylation sites is 1. The van der Waals surface area contributed by atoms with Crippen LogP contribution < -0.4 is 19.6 Å². The molecule has 0 saturated heterocycles. The summed E-state index contributed by atoms with van der Waals surface area (Å²) < 4.78 is 1.51. The molecule has 2 aromatic rings. The van der Waals surface area contributed by atoms with Gasteiger partial charge >= 0.3 is 204 Å². The van der Waals surface area contributed by atoms with Crippen LogP contribution in [0.15, 0.2) is 73.0 Å². The fourth-order valence-corrected chi connectivity index (χ4v) is 6.95. The van der Waals surface area contributed by atoms with E-state index in [1.54, 1.807) is 0 Å². The Labute approximate surface area is 204 Å². The molecule has 5 heteroatoms. The van der Waals surface area contributed by atoms with E-state index in [-0.39, 0.29) is 0 Å². The Balaban J connectivity index is 1.53. The molecule has 3 nitrogen and oxygen atoms in total. The molecule has 2 heterocycles. The molecule has 0 radical (unpaired) electrons. The molecule has 0 bridgehead atoms. The summed E-state index contributed by atoms with van der Waals surface area (Å²) in [7, 11) is 0. The van der Waals surface area contributed by atoms with Crippen molar-refractivity contribution in [3.8, 4) is 0 Å². The predicted molar refractivity (Wildman–Crippen MR) is 142 cm³/mol. The van der Waals surface area contributed by atoms with Gasteiger partial charge in [0.2, 0.25) is 0 Å². The summed E-state index contributed by atoms with van der Waals surface area (Å²) in [5.74, 6) is 0.615. The van der Waals surface area contributed by atoms with E-state index in [1.807, 2.05) is 0 Å². The predicted octanol–water partition coefficient (Wildman–Crippen LogP) is 4.68.